The summed E-state index contributed by atoms with van der Waals surface area (Å²) in [5, 5.41) is 0.568. The monoisotopic (exact) mass is 522 g/mol. The van der Waals surface area contributed by atoms with Crippen LogP contribution in [0.1, 0.15) is 24.5 Å². The lowest BCUT2D eigenvalue weighted by atomic mass is 9.97. The van der Waals surface area contributed by atoms with Gasteiger partial charge in [-0.05, 0) is 47.9 Å². The van der Waals surface area contributed by atoms with Crippen LogP contribution in [0.15, 0.2) is 127 Å². The molecule has 0 aliphatic carbocycles. The summed E-state index contributed by atoms with van der Waals surface area (Å²) in [5.41, 5.74) is 4.32. The molecule has 0 aromatic heterocycles. The zero-order valence-electron chi connectivity index (χ0n) is 21.4. The van der Waals surface area contributed by atoms with Gasteiger partial charge in [0.1, 0.15) is 0 Å². The first kappa shape index (κ1) is 25.6. The standard InChI is InChI=1S/C32H31N2O3P/c1-2-37-31(35)25-30(32(26-15-7-3-8-16-26)27-17-9-4-10-18-27)38(36)33(28-19-11-5-12-20-28)23-24-34(38)29-21-13-6-14-22-29/h3-22H,2,23-25H2,1H3. The molecular weight excluding hydrogens is 491 g/mol. The van der Waals surface area contributed by atoms with Gasteiger partial charge in [0, 0.05) is 29.8 Å². The zero-order valence-corrected chi connectivity index (χ0v) is 22.3. The highest BCUT2D eigenvalue weighted by Gasteiger charge is 2.48. The predicted molar refractivity (Wildman–Crippen MR) is 155 cm³/mol. The lowest BCUT2D eigenvalue weighted by molar-refractivity contribution is -0.142. The first-order valence-electron chi connectivity index (χ1n) is 12.9. The van der Waals surface area contributed by atoms with Crippen LogP contribution in [-0.2, 0) is 14.1 Å². The third-order valence-electron chi connectivity index (χ3n) is 6.67. The Hall–Kier alpha value is -4.08. The van der Waals surface area contributed by atoms with Crippen molar-refractivity contribution < 1.29 is 14.1 Å². The molecule has 6 heteroatoms. The van der Waals surface area contributed by atoms with Crippen molar-refractivity contribution in [2.24, 2.45) is 0 Å². The minimum atomic E-state index is -3.56. The highest BCUT2D eigenvalue weighted by molar-refractivity contribution is 7.72. The van der Waals surface area contributed by atoms with Crippen LogP contribution in [0.25, 0.3) is 5.57 Å². The summed E-state index contributed by atoms with van der Waals surface area (Å²) in [4.78, 5) is 13.2. The molecule has 192 valence electrons. The molecule has 0 saturated carbocycles. The van der Waals surface area contributed by atoms with Gasteiger partial charge in [-0.3, -0.25) is 9.36 Å². The molecule has 5 rings (SSSR count). The second-order valence-corrected chi connectivity index (χ2v) is 11.6. The van der Waals surface area contributed by atoms with Gasteiger partial charge in [0.2, 0.25) is 0 Å². The number of anilines is 2. The van der Waals surface area contributed by atoms with E-state index >= 15 is 4.57 Å². The van der Waals surface area contributed by atoms with Gasteiger partial charge < -0.3 is 14.1 Å². The van der Waals surface area contributed by atoms with Gasteiger partial charge in [-0.15, -0.1) is 0 Å². The van der Waals surface area contributed by atoms with Crippen molar-refractivity contribution in [3.63, 3.8) is 0 Å². The average Bonchev–Trinajstić information content (AvgIpc) is 3.33. The number of hydrogen-bond donors (Lipinski definition) is 0. The van der Waals surface area contributed by atoms with Gasteiger partial charge in [-0.25, -0.2) is 0 Å². The fourth-order valence-corrected chi connectivity index (χ4v) is 8.39. The summed E-state index contributed by atoms with van der Waals surface area (Å²) >= 11 is 0. The molecule has 0 amide bonds. The summed E-state index contributed by atoms with van der Waals surface area (Å²) < 4.78 is 25.3. The Labute approximate surface area is 224 Å². The quantitative estimate of drug-likeness (QED) is 0.176. The fraction of sp³-hybridized carbons (Fsp3) is 0.156. The fourth-order valence-electron chi connectivity index (χ4n) is 5.05. The predicted octanol–water partition coefficient (Wildman–Crippen LogP) is 7.62. The average molecular weight is 523 g/mol. The second-order valence-electron chi connectivity index (χ2n) is 9.00. The molecule has 1 fully saturated rings. The summed E-state index contributed by atoms with van der Waals surface area (Å²) in [6.07, 6.45) is -0.0864. The molecule has 1 saturated heterocycles. The van der Waals surface area contributed by atoms with E-state index < -0.39 is 13.4 Å². The molecule has 0 atom stereocenters. The van der Waals surface area contributed by atoms with Gasteiger partial charge in [0.25, 0.3) is 7.44 Å². The molecule has 0 spiro atoms. The molecule has 0 N–H and O–H groups in total. The summed E-state index contributed by atoms with van der Waals surface area (Å²) in [5.74, 6) is -0.394. The Kier molecular flexibility index (Phi) is 7.76. The van der Waals surface area contributed by atoms with Gasteiger partial charge in [-0.2, -0.15) is 0 Å². The molecule has 38 heavy (non-hydrogen) atoms. The zero-order chi connectivity index (χ0) is 26.4. The van der Waals surface area contributed by atoms with Crippen molar-refractivity contribution in [2.45, 2.75) is 13.3 Å². The number of rotatable bonds is 8. The molecule has 0 bridgehead atoms. The van der Waals surface area contributed by atoms with E-state index in [4.69, 9.17) is 4.74 Å². The topological polar surface area (TPSA) is 49.9 Å². The van der Waals surface area contributed by atoms with Gasteiger partial charge >= 0.3 is 5.97 Å². The van der Waals surface area contributed by atoms with Crippen LogP contribution >= 0.6 is 7.44 Å². The Morgan fingerprint density at radius 2 is 1.08 bits per heavy atom. The van der Waals surface area contributed by atoms with E-state index in [2.05, 4.69) is 0 Å². The molecule has 0 unspecified atom stereocenters. The number of esters is 1. The lowest BCUT2D eigenvalue weighted by Crippen LogP contribution is -2.23. The van der Waals surface area contributed by atoms with Crippen LogP contribution in [0.5, 0.6) is 0 Å². The molecule has 4 aromatic rings. The van der Waals surface area contributed by atoms with Crippen LogP contribution in [-0.4, -0.2) is 25.7 Å². The largest absolute Gasteiger partial charge is 0.466 e. The SMILES string of the molecule is CCOC(=O)CC(=C(c1ccccc1)c1ccccc1)P1(=O)N(c2ccccc2)CCN1c1ccccc1. The maximum absolute atomic E-state index is 15.9. The Bertz CT molecular complexity index is 1350. The molecule has 0 radical (unpaired) electrons. The first-order valence-corrected chi connectivity index (χ1v) is 14.5. The lowest BCUT2D eigenvalue weighted by Gasteiger charge is -2.35. The van der Waals surface area contributed by atoms with Crippen LogP contribution in [0, 0.1) is 0 Å². The highest BCUT2D eigenvalue weighted by Crippen LogP contribution is 2.68. The van der Waals surface area contributed by atoms with Crippen molar-refractivity contribution in [2.75, 3.05) is 29.0 Å². The van der Waals surface area contributed by atoms with Crippen molar-refractivity contribution in [1.29, 1.82) is 0 Å². The number of benzene rings is 4. The van der Waals surface area contributed by atoms with Gasteiger partial charge in [-0.1, -0.05) is 97.1 Å². The van der Waals surface area contributed by atoms with E-state index in [1.54, 1.807) is 6.92 Å². The number of carbonyl (C=O) groups excluding carboxylic acids is 1. The second kappa shape index (κ2) is 11.5. The summed E-state index contributed by atoms with van der Waals surface area (Å²) in [6, 6.07) is 39.5. The molecule has 1 heterocycles. The number of hydrogen-bond acceptors (Lipinski definition) is 3. The maximum Gasteiger partial charge on any atom is 0.310 e. The molecule has 1 aliphatic rings. The first-order chi connectivity index (χ1) is 18.6. The van der Waals surface area contributed by atoms with Crippen LogP contribution < -0.4 is 9.34 Å². The van der Waals surface area contributed by atoms with E-state index in [0.29, 0.717) is 18.4 Å². The van der Waals surface area contributed by atoms with Crippen LogP contribution in [0.4, 0.5) is 11.4 Å². The Morgan fingerprint density at radius 1 is 0.684 bits per heavy atom. The number of ether oxygens (including phenoxy) is 1. The molecular formula is C32H31N2O3P. The third kappa shape index (κ3) is 5.03. The van der Waals surface area contributed by atoms with E-state index in [1.807, 2.05) is 131 Å². The summed E-state index contributed by atoms with van der Waals surface area (Å²) in [6.45, 7) is 3.16. The third-order valence-corrected chi connectivity index (χ3v) is 9.92. The number of para-hydroxylation sites is 2. The van der Waals surface area contributed by atoms with E-state index in [-0.39, 0.29) is 13.0 Å². The van der Waals surface area contributed by atoms with Crippen LogP contribution in [0.2, 0.25) is 0 Å². The van der Waals surface area contributed by atoms with Crippen molar-refractivity contribution in [3.05, 3.63) is 138 Å². The maximum atomic E-state index is 15.9. The van der Waals surface area contributed by atoms with E-state index in [1.165, 1.54) is 0 Å². The van der Waals surface area contributed by atoms with Gasteiger partial charge in [0.15, 0.2) is 0 Å². The van der Waals surface area contributed by atoms with Gasteiger partial charge in [0.05, 0.1) is 13.0 Å². The normalized spacial score (nSPS) is 14.2. The van der Waals surface area contributed by atoms with Crippen molar-refractivity contribution in [3.8, 4) is 0 Å². The van der Waals surface area contributed by atoms with Crippen LogP contribution in [0.3, 0.4) is 0 Å². The Morgan fingerprint density at radius 3 is 1.47 bits per heavy atom. The van der Waals surface area contributed by atoms with Crippen molar-refractivity contribution in [1.82, 2.24) is 0 Å². The van der Waals surface area contributed by atoms with Crippen molar-refractivity contribution >= 4 is 30.4 Å². The minimum absolute atomic E-state index is 0.0864. The smallest absolute Gasteiger partial charge is 0.310 e. The number of nitrogens with zero attached hydrogens (tertiary/aromatic N) is 2. The highest BCUT2D eigenvalue weighted by atomic mass is 31.2. The Balaban J connectivity index is 1.84. The number of carbonyl (C=O) groups is 1. The van der Waals surface area contributed by atoms with E-state index in [0.717, 1.165) is 28.1 Å². The van der Waals surface area contributed by atoms with E-state index in [9.17, 15) is 4.79 Å². The minimum Gasteiger partial charge on any atom is -0.466 e. The molecule has 1 aliphatic heterocycles. The molecule has 5 nitrogen and oxygen atoms in total. The molecule has 4 aromatic carbocycles. The summed E-state index contributed by atoms with van der Waals surface area (Å²) in [7, 11) is -3.56.